The van der Waals surface area contributed by atoms with Crippen LogP contribution in [0.1, 0.15) is 39.0 Å². The smallest absolute Gasteiger partial charge is 0.403 e. The first-order chi connectivity index (χ1) is 8.45. The van der Waals surface area contributed by atoms with Crippen molar-refractivity contribution in [1.29, 1.82) is 0 Å². The van der Waals surface area contributed by atoms with Gasteiger partial charge < -0.3 is 19.8 Å². The zero-order valence-electron chi connectivity index (χ0n) is 10.9. The molecule has 0 bridgehead atoms. The number of hydrogen-bond donors (Lipinski definition) is 3. The second-order valence-electron chi connectivity index (χ2n) is 4.84. The highest BCUT2D eigenvalue weighted by Crippen LogP contribution is 2.31. The Bertz CT molecular complexity index is 274. The van der Waals surface area contributed by atoms with Crippen LogP contribution in [0.3, 0.4) is 0 Å². The molecule has 2 amide bonds. The Hall–Kier alpha value is -0.113. The lowest BCUT2D eigenvalue weighted by molar-refractivity contribution is 0.215. The van der Waals surface area contributed by atoms with E-state index in [2.05, 4.69) is 27.5 Å². The summed E-state index contributed by atoms with van der Waals surface area (Å²) in [7, 11) is -3.28. The molecule has 0 saturated carbocycles. The highest BCUT2D eigenvalue weighted by molar-refractivity contribution is 9.25. The van der Waals surface area contributed by atoms with E-state index in [-0.39, 0.29) is 11.6 Å². The molecule has 1 heterocycles. The van der Waals surface area contributed by atoms with Gasteiger partial charge in [0.05, 0.1) is 0 Å². The largest absolute Gasteiger partial charge is 0.412 e. The topological polar surface area (TPSA) is 72.8 Å². The van der Waals surface area contributed by atoms with Crippen LogP contribution in [0.25, 0.3) is 0 Å². The minimum absolute atomic E-state index is 0.0416. The minimum Gasteiger partial charge on any atom is -0.403 e. The third-order valence-corrected chi connectivity index (χ3v) is 6.93. The van der Waals surface area contributed by atoms with Crippen LogP contribution in [0.4, 0.5) is 4.79 Å². The lowest BCUT2D eigenvalue weighted by atomic mass is 10.1. The van der Waals surface area contributed by atoms with E-state index in [9.17, 15) is 14.4 Å². The van der Waals surface area contributed by atoms with Gasteiger partial charge in [0.25, 0.3) is 0 Å². The van der Waals surface area contributed by atoms with E-state index >= 15 is 0 Å². The zero-order chi connectivity index (χ0) is 13.6. The van der Waals surface area contributed by atoms with Crippen molar-refractivity contribution in [1.82, 2.24) is 10.2 Å². The maximum Gasteiger partial charge on any atom is 0.412 e. The summed E-state index contributed by atoms with van der Waals surface area (Å²) in [6, 6.07) is -0.0416. The molecule has 1 fully saturated rings. The molecule has 106 valence electrons. The predicted octanol–water partition coefficient (Wildman–Crippen LogP) is 1.67. The van der Waals surface area contributed by atoms with Gasteiger partial charge in [-0.15, -0.1) is 0 Å². The van der Waals surface area contributed by atoms with Crippen molar-refractivity contribution in [3.8, 4) is 0 Å². The van der Waals surface area contributed by atoms with Gasteiger partial charge >= 0.3 is 13.2 Å². The van der Waals surface area contributed by atoms with Crippen molar-refractivity contribution in [2.75, 3.05) is 19.6 Å². The van der Waals surface area contributed by atoms with Gasteiger partial charge in [0, 0.05) is 25.2 Å². The number of nitrogens with zero attached hydrogens (tertiary/aromatic N) is 1. The van der Waals surface area contributed by atoms with Gasteiger partial charge in [0.2, 0.25) is 0 Å². The van der Waals surface area contributed by atoms with Crippen LogP contribution in [0.15, 0.2) is 0 Å². The van der Waals surface area contributed by atoms with Crippen molar-refractivity contribution in [3.63, 3.8) is 0 Å². The summed E-state index contributed by atoms with van der Waals surface area (Å²) >= 11 is 3.05. The summed E-state index contributed by atoms with van der Waals surface area (Å²) in [6.45, 7) is 4.13. The van der Waals surface area contributed by atoms with E-state index < -0.39 is 7.18 Å². The van der Waals surface area contributed by atoms with Gasteiger partial charge in [-0.3, -0.25) is 0 Å². The number of urea groups is 1. The average Bonchev–Trinajstić information content (AvgIpc) is 2.67. The van der Waals surface area contributed by atoms with Gasteiger partial charge in [0.1, 0.15) is 0 Å². The summed E-state index contributed by atoms with van der Waals surface area (Å²) in [4.78, 5) is 32.7. The van der Waals surface area contributed by atoms with Crippen molar-refractivity contribution < 1.29 is 14.4 Å². The molecule has 1 aliphatic rings. The first kappa shape index (κ1) is 15.9. The van der Waals surface area contributed by atoms with Gasteiger partial charge in [-0.1, -0.05) is 41.5 Å². The van der Waals surface area contributed by atoms with E-state index in [1.807, 2.05) is 0 Å². The summed E-state index contributed by atoms with van der Waals surface area (Å²) in [6.07, 6.45) is 4.71. The molecule has 1 atom stereocenters. The Labute approximate surface area is 117 Å². The maximum atomic E-state index is 11.4. The second-order valence-corrected chi connectivity index (χ2v) is 10.4. The summed E-state index contributed by atoms with van der Waals surface area (Å²) in [5.74, 6) is 0. The monoisotopic (exact) mass is 338 g/mol. The van der Waals surface area contributed by atoms with Gasteiger partial charge in [-0.25, -0.2) is 4.79 Å². The van der Waals surface area contributed by atoms with Crippen LogP contribution in [-0.2, 0) is 0 Å². The number of unbranched alkanes of at least 4 members (excludes halogenated alkanes) is 2. The molecule has 0 aliphatic carbocycles. The molecule has 1 unspecified atom stereocenters. The van der Waals surface area contributed by atoms with Gasteiger partial charge in [0.15, 0.2) is 0 Å². The molecule has 0 spiro atoms. The van der Waals surface area contributed by atoms with Gasteiger partial charge in [-0.2, -0.15) is 0 Å². The Kier molecular flexibility index (Phi) is 6.62. The van der Waals surface area contributed by atoms with E-state index in [1.54, 1.807) is 4.90 Å². The fraction of sp³-hybridized carbons (Fsp3) is 0.909. The van der Waals surface area contributed by atoms with Crippen molar-refractivity contribution in [2.45, 2.75) is 44.6 Å². The molecule has 0 aromatic carbocycles. The fourth-order valence-electron chi connectivity index (χ4n) is 2.19. The summed E-state index contributed by atoms with van der Waals surface area (Å²) < 4.78 is 0. The summed E-state index contributed by atoms with van der Waals surface area (Å²) in [5, 5.41) is 2.75. The van der Waals surface area contributed by atoms with Crippen molar-refractivity contribution in [2.24, 2.45) is 0 Å². The molecule has 7 heteroatoms. The average molecular weight is 339 g/mol. The lowest BCUT2D eigenvalue weighted by Gasteiger charge is -2.25. The first-order valence-electron chi connectivity index (χ1n) is 6.61. The Morgan fingerprint density at radius 2 is 2.17 bits per heavy atom. The highest BCUT2D eigenvalue weighted by atomic mass is 79.9. The maximum absolute atomic E-state index is 11.4. The van der Waals surface area contributed by atoms with E-state index in [0.717, 1.165) is 25.7 Å². The standard InChI is InChI=1S/C11H23BrN2O3Si/c1-2-3-4-5-10(18(12,16)17)6-8-14-9-7-13-11(14)15/h10,16-17H,2-9H2,1H3,(H,13,15). The van der Waals surface area contributed by atoms with Crippen LogP contribution in [0, 0.1) is 0 Å². The molecular formula is C11H23BrN2O3Si. The van der Waals surface area contributed by atoms with E-state index in [1.165, 1.54) is 0 Å². The lowest BCUT2D eigenvalue weighted by Crippen LogP contribution is -2.37. The van der Waals surface area contributed by atoms with Crippen LogP contribution in [0.2, 0.25) is 5.54 Å². The number of hydrogen-bond acceptors (Lipinski definition) is 3. The number of carbonyl (C=O) groups excluding carboxylic acids is 1. The fourth-order valence-corrected chi connectivity index (χ4v) is 4.63. The molecule has 1 aliphatic heterocycles. The first-order valence-corrected chi connectivity index (χ1v) is 10.8. The van der Waals surface area contributed by atoms with Crippen LogP contribution >= 0.6 is 15.3 Å². The van der Waals surface area contributed by atoms with Crippen LogP contribution in [-0.4, -0.2) is 47.3 Å². The molecule has 0 radical (unpaired) electrons. The molecule has 0 aromatic heterocycles. The zero-order valence-corrected chi connectivity index (χ0v) is 13.4. The number of carbonyl (C=O) groups is 1. The molecule has 18 heavy (non-hydrogen) atoms. The Morgan fingerprint density at radius 3 is 2.67 bits per heavy atom. The molecule has 1 rings (SSSR count). The molecule has 5 nitrogen and oxygen atoms in total. The van der Waals surface area contributed by atoms with E-state index in [0.29, 0.717) is 26.1 Å². The second kappa shape index (κ2) is 7.47. The Morgan fingerprint density at radius 1 is 1.44 bits per heavy atom. The summed E-state index contributed by atoms with van der Waals surface area (Å²) in [5.41, 5.74) is -0.113. The minimum atomic E-state index is -3.28. The third kappa shape index (κ3) is 5.25. The number of nitrogens with one attached hydrogen (secondary N) is 1. The van der Waals surface area contributed by atoms with Crippen LogP contribution < -0.4 is 5.32 Å². The predicted molar refractivity (Wildman–Crippen MR) is 76.6 cm³/mol. The highest BCUT2D eigenvalue weighted by Gasteiger charge is 2.37. The normalized spacial score (nSPS) is 18.0. The molecule has 3 N–H and O–H groups in total. The van der Waals surface area contributed by atoms with Crippen molar-refractivity contribution >= 4 is 28.5 Å². The SMILES string of the molecule is CCCCCC(CCN1CCNC1=O)[Si](O)(O)Br. The van der Waals surface area contributed by atoms with Gasteiger partial charge in [-0.05, 0) is 12.8 Å². The number of halogens is 1. The van der Waals surface area contributed by atoms with Crippen molar-refractivity contribution in [3.05, 3.63) is 0 Å². The van der Waals surface area contributed by atoms with Crippen LogP contribution in [0.5, 0.6) is 0 Å². The number of rotatable bonds is 8. The number of amides is 2. The Balaban J connectivity index is 2.38. The van der Waals surface area contributed by atoms with E-state index in [4.69, 9.17) is 0 Å². The molecule has 1 saturated heterocycles. The third-order valence-electron chi connectivity index (χ3n) is 3.37. The quantitative estimate of drug-likeness (QED) is 0.358. The molecular weight excluding hydrogens is 316 g/mol. The molecule has 0 aromatic rings.